The van der Waals surface area contributed by atoms with E-state index in [1.54, 1.807) is 6.92 Å². The molecule has 4 aliphatic rings. The average Bonchev–Trinajstić information content (AvgIpc) is 3.07. The second kappa shape index (κ2) is 19.7. The minimum absolute atomic E-state index is 0.0673. The number of fused-ring (bicyclic) bond motifs is 3. The Hall–Kier alpha value is -1.05. The number of aliphatic hydroxyl groups is 7. The zero-order valence-electron chi connectivity index (χ0n) is 29.0. The van der Waals surface area contributed by atoms with Crippen molar-refractivity contribution in [3.8, 4) is 0 Å². The minimum Gasteiger partial charge on any atom is -0.454 e. The fourth-order valence-electron chi connectivity index (χ4n) is 6.94. The molecule has 0 saturated carbocycles. The molecule has 0 bridgehead atoms. The van der Waals surface area contributed by atoms with Crippen molar-refractivity contribution in [2.45, 2.75) is 202 Å². The van der Waals surface area contributed by atoms with E-state index in [1.165, 1.54) is 6.92 Å². The third kappa shape index (κ3) is 10.7. The van der Waals surface area contributed by atoms with Crippen molar-refractivity contribution in [1.82, 2.24) is 0 Å². The number of esters is 1. The molecule has 7 N–H and O–H groups in total. The van der Waals surface area contributed by atoms with Gasteiger partial charge in [0, 0.05) is 6.42 Å². The number of hydrogen-bond donors (Lipinski definition) is 7. The Bertz CT molecular complexity index is 974. The van der Waals surface area contributed by atoms with Crippen LogP contribution in [-0.2, 0) is 38.0 Å². The predicted octanol–water partition coefficient (Wildman–Crippen LogP) is 0.531. The lowest BCUT2D eigenvalue weighted by atomic mass is 9.96. The quantitative estimate of drug-likeness (QED) is 0.153. The van der Waals surface area contributed by atoms with E-state index in [0.29, 0.717) is 6.42 Å². The van der Waals surface area contributed by atoms with Gasteiger partial charge in [0.05, 0.1) is 24.9 Å². The monoisotopic (exact) mass is 708 g/mol. The standard InChI is InChI=1S/C34H60O15/c1-4-5-11-14-20-15-12-9-7-6-8-10-13-16-22(36)47-29-26(40)23(37)19(3)44-33(29)48-31-28(42)25(39)21(17-35)46-34(31)49-30-27(41)24(38)18(2)43-32(30)45-20/h18-21,23-35,37-42H,4-17H2,1-3H3/t18-,19-,20+,21-,23-,24+,25-,26+,27+,28+,29-,30-,31-,32+,33+,34+/m1/s1. The summed E-state index contributed by atoms with van der Waals surface area (Å²) in [5, 5.41) is 75.6. The van der Waals surface area contributed by atoms with E-state index in [4.69, 9.17) is 33.2 Å². The zero-order valence-corrected chi connectivity index (χ0v) is 29.0. The molecule has 0 aromatic rings. The molecular weight excluding hydrogens is 648 g/mol. The minimum atomic E-state index is -1.77. The van der Waals surface area contributed by atoms with Gasteiger partial charge in [-0.1, -0.05) is 64.7 Å². The summed E-state index contributed by atoms with van der Waals surface area (Å²) < 4.78 is 42.1. The maximum Gasteiger partial charge on any atom is 0.306 e. The molecule has 0 aromatic carbocycles. The molecule has 4 heterocycles. The first kappa shape index (κ1) is 40.7. The van der Waals surface area contributed by atoms with Gasteiger partial charge in [-0.05, 0) is 33.1 Å². The Morgan fingerprint density at radius 2 is 1.10 bits per heavy atom. The maximum atomic E-state index is 12.9. The molecule has 286 valence electrons. The van der Waals surface area contributed by atoms with Crippen molar-refractivity contribution in [2.75, 3.05) is 6.61 Å². The van der Waals surface area contributed by atoms with E-state index < -0.39 is 105 Å². The number of ether oxygens (including phenoxy) is 7. The van der Waals surface area contributed by atoms with Gasteiger partial charge in [0.25, 0.3) is 0 Å². The Morgan fingerprint density at radius 1 is 0.592 bits per heavy atom. The Labute approximate surface area is 288 Å². The molecule has 0 aromatic heterocycles. The smallest absolute Gasteiger partial charge is 0.306 e. The van der Waals surface area contributed by atoms with Crippen LogP contribution >= 0.6 is 0 Å². The summed E-state index contributed by atoms with van der Waals surface area (Å²) in [4.78, 5) is 12.9. The van der Waals surface area contributed by atoms with Crippen LogP contribution in [0.25, 0.3) is 0 Å². The second-order valence-corrected chi connectivity index (χ2v) is 14.0. The SMILES string of the molecule is CCCCC[C@H]1CCCCCCCCCC(=O)O[C@H]2[C@H](O[C@H]3[C@H](O[C@H]4[C@H](O1)O[C@H](C)[C@H](O)[C@@H]4O)O[C@H](CO)[C@@H](O)[C@@H]3O)O[C@H](C)[C@@H](O)[C@@H]2O. The van der Waals surface area contributed by atoms with E-state index in [9.17, 15) is 40.5 Å². The van der Waals surface area contributed by atoms with Crippen molar-refractivity contribution < 1.29 is 73.7 Å². The van der Waals surface area contributed by atoms with E-state index in [2.05, 4.69) is 6.92 Å². The Morgan fingerprint density at radius 3 is 1.69 bits per heavy atom. The van der Waals surface area contributed by atoms with Gasteiger partial charge in [-0.25, -0.2) is 0 Å². The zero-order chi connectivity index (χ0) is 35.7. The maximum absolute atomic E-state index is 12.9. The highest BCUT2D eigenvalue weighted by Gasteiger charge is 2.54. The number of carbonyl (C=O) groups excluding carboxylic acids is 1. The number of carbonyl (C=O) groups is 1. The summed E-state index contributed by atoms with van der Waals surface area (Å²) in [5.74, 6) is -0.637. The number of rotatable bonds is 5. The summed E-state index contributed by atoms with van der Waals surface area (Å²) in [6.45, 7) is 4.48. The molecule has 16 atom stereocenters. The van der Waals surface area contributed by atoms with E-state index in [-0.39, 0.29) is 12.5 Å². The molecule has 4 fully saturated rings. The molecule has 0 aliphatic carbocycles. The van der Waals surface area contributed by atoms with Crippen LogP contribution in [0.4, 0.5) is 0 Å². The van der Waals surface area contributed by atoms with Crippen LogP contribution < -0.4 is 0 Å². The molecule has 4 saturated heterocycles. The van der Waals surface area contributed by atoms with Gasteiger partial charge in [-0.3, -0.25) is 4.79 Å². The van der Waals surface area contributed by atoms with Gasteiger partial charge in [-0.2, -0.15) is 0 Å². The lowest BCUT2D eigenvalue weighted by Gasteiger charge is -2.48. The van der Waals surface area contributed by atoms with Crippen LogP contribution in [0.5, 0.6) is 0 Å². The second-order valence-electron chi connectivity index (χ2n) is 14.0. The van der Waals surface area contributed by atoms with Crippen LogP contribution in [0.15, 0.2) is 0 Å². The molecule has 15 heteroatoms. The highest BCUT2D eigenvalue weighted by atomic mass is 16.8. The average molecular weight is 709 g/mol. The third-order valence-corrected chi connectivity index (χ3v) is 10.1. The predicted molar refractivity (Wildman–Crippen MR) is 171 cm³/mol. The van der Waals surface area contributed by atoms with Gasteiger partial charge in [0.1, 0.15) is 54.9 Å². The van der Waals surface area contributed by atoms with Crippen molar-refractivity contribution in [1.29, 1.82) is 0 Å². The summed E-state index contributed by atoms with van der Waals surface area (Å²) >= 11 is 0. The lowest BCUT2D eigenvalue weighted by Crippen LogP contribution is -2.66. The summed E-state index contributed by atoms with van der Waals surface area (Å²) in [7, 11) is 0. The number of hydrogen-bond acceptors (Lipinski definition) is 15. The van der Waals surface area contributed by atoms with Gasteiger partial charge >= 0.3 is 5.97 Å². The molecule has 49 heavy (non-hydrogen) atoms. The van der Waals surface area contributed by atoms with Gasteiger partial charge in [0.2, 0.25) is 0 Å². The van der Waals surface area contributed by atoms with Crippen molar-refractivity contribution in [3.63, 3.8) is 0 Å². The molecule has 0 spiro atoms. The fourth-order valence-corrected chi connectivity index (χ4v) is 6.94. The van der Waals surface area contributed by atoms with Crippen molar-refractivity contribution in [2.24, 2.45) is 0 Å². The highest BCUT2D eigenvalue weighted by Crippen LogP contribution is 2.35. The van der Waals surface area contributed by atoms with Crippen LogP contribution in [0, 0.1) is 0 Å². The van der Waals surface area contributed by atoms with Crippen LogP contribution in [0.2, 0.25) is 0 Å². The molecule has 4 rings (SSSR count). The largest absolute Gasteiger partial charge is 0.454 e. The topological polar surface area (TPSA) is 223 Å². The number of aliphatic hydroxyl groups excluding tert-OH is 7. The molecule has 0 amide bonds. The summed E-state index contributed by atoms with van der Waals surface area (Å²) in [6, 6.07) is 0. The van der Waals surface area contributed by atoms with Crippen LogP contribution in [0.3, 0.4) is 0 Å². The first-order valence-corrected chi connectivity index (χ1v) is 18.3. The summed E-state index contributed by atoms with van der Waals surface area (Å²) in [5.41, 5.74) is 0. The van der Waals surface area contributed by atoms with Crippen molar-refractivity contribution in [3.05, 3.63) is 0 Å². The first-order valence-electron chi connectivity index (χ1n) is 18.3. The molecular formula is C34H60O15. The first-order chi connectivity index (χ1) is 23.5. The normalized spacial score (nSPS) is 45.6. The Balaban J connectivity index is 1.67. The van der Waals surface area contributed by atoms with E-state index >= 15 is 0 Å². The highest BCUT2D eigenvalue weighted by molar-refractivity contribution is 5.69. The van der Waals surface area contributed by atoms with Crippen LogP contribution in [0.1, 0.15) is 104 Å². The Kier molecular flexibility index (Phi) is 16.4. The molecule has 4 aliphatic heterocycles. The summed E-state index contributed by atoms with van der Waals surface area (Å²) in [6.07, 6.45) is -11.0. The fraction of sp³-hybridized carbons (Fsp3) is 0.971. The molecule has 0 unspecified atom stereocenters. The van der Waals surface area contributed by atoms with E-state index in [1.807, 2.05) is 0 Å². The van der Waals surface area contributed by atoms with Crippen molar-refractivity contribution >= 4 is 5.97 Å². The molecule has 0 radical (unpaired) electrons. The van der Waals surface area contributed by atoms with Crippen LogP contribution in [-0.4, -0.2) is 147 Å². The number of unbranched alkanes of at least 4 members (excludes halogenated alkanes) is 2. The van der Waals surface area contributed by atoms with E-state index in [0.717, 1.165) is 70.6 Å². The van der Waals surface area contributed by atoms with Gasteiger partial charge in [0.15, 0.2) is 25.0 Å². The van der Waals surface area contributed by atoms with Gasteiger partial charge < -0.3 is 68.9 Å². The lowest BCUT2D eigenvalue weighted by molar-refractivity contribution is -0.393. The molecule has 15 nitrogen and oxygen atoms in total. The third-order valence-electron chi connectivity index (χ3n) is 10.1. The van der Waals surface area contributed by atoms with Gasteiger partial charge in [-0.15, -0.1) is 0 Å².